The van der Waals surface area contributed by atoms with Crippen LogP contribution in [-0.4, -0.2) is 25.5 Å². The monoisotopic (exact) mass is 319 g/mol. The van der Waals surface area contributed by atoms with Crippen LogP contribution >= 0.6 is 0 Å². The van der Waals surface area contributed by atoms with Gasteiger partial charge in [-0.3, -0.25) is 10.1 Å². The zero-order valence-corrected chi connectivity index (χ0v) is 15.0. The minimum absolute atomic E-state index is 0.0551. The van der Waals surface area contributed by atoms with Crippen LogP contribution in [0.2, 0.25) is 0 Å². The SMILES string of the molecule is CNC(=O)NC(=O)CN[C@@H](c1ccc(C(C)(C)C)cc1)C(C)C. The van der Waals surface area contributed by atoms with Gasteiger partial charge in [0, 0.05) is 13.1 Å². The molecule has 0 aliphatic heterocycles. The second kappa shape index (κ2) is 8.11. The molecule has 0 aliphatic rings. The average molecular weight is 319 g/mol. The first-order valence-corrected chi connectivity index (χ1v) is 8.00. The second-order valence-electron chi connectivity index (χ2n) is 7.10. The molecule has 0 saturated carbocycles. The Balaban J connectivity index is 2.75. The molecule has 5 nitrogen and oxygen atoms in total. The van der Waals surface area contributed by atoms with Crippen molar-refractivity contribution in [1.29, 1.82) is 0 Å². The van der Waals surface area contributed by atoms with Gasteiger partial charge in [-0.15, -0.1) is 0 Å². The topological polar surface area (TPSA) is 70.2 Å². The molecule has 0 heterocycles. The first-order chi connectivity index (χ1) is 10.6. The Kier molecular flexibility index (Phi) is 6.76. The van der Waals surface area contributed by atoms with E-state index in [9.17, 15) is 9.59 Å². The molecule has 23 heavy (non-hydrogen) atoms. The summed E-state index contributed by atoms with van der Waals surface area (Å²) in [6, 6.07) is 8.05. The molecular formula is C18H29N3O2. The Morgan fingerprint density at radius 1 is 1.09 bits per heavy atom. The van der Waals surface area contributed by atoms with Crippen molar-refractivity contribution in [2.75, 3.05) is 13.6 Å². The molecule has 0 aliphatic carbocycles. The molecule has 1 aromatic carbocycles. The summed E-state index contributed by atoms with van der Waals surface area (Å²) in [4.78, 5) is 22.9. The van der Waals surface area contributed by atoms with E-state index in [0.29, 0.717) is 5.92 Å². The highest BCUT2D eigenvalue weighted by Crippen LogP contribution is 2.26. The number of imide groups is 1. The quantitative estimate of drug-likeness (QED) is 0.781. The molecule has 5 heteroatoms. The maximum absolute atomic E-state index is 11.7. The molecule has 3 N–H and O–H groups in total. The number of amides is 3. The van der Waals surface area contributed by atoms with Crippen molar-refractivity contribution >= 4 is 11.9 Å². The predicted octanol–water partition coefficient (Wildman–Crippen LogP) is 2.73. The van der Waals surface area contributed by atoms with Crippen LogP contribution < -0.4 is 16.0 Å². The normalized spacial score (nSPS) is 12.8. The van der Waals surface area contributed by atoms with E-state index in [-0.39, 0.29) is 23.9 Å². The number of rotatable bonds is 5. The summed E-state index contributed by atoms with van der Waals surface area (Å²) in [5.74, 6) is -0.0235. The molecule has 0 radical (unpaired) electrons. The van der Waals surface area contributed by atoms with Crippen molar-refractivity contribution in [1.82, 2.24) is 16.0 Å². The maximum atomic E-state index is 11.7. The number of urea groups is 1. The fraction of sp³-hybridized carbons (Fsp3) is 0.556. The van der Waals surface area contributed by atoms with Gasteiger partial charge >= 0.3 is 6.03 Å². The number of carbonyl (C=O) groups excluding carboxylic acids is 2. The maximum Gasteiger partial charge on any atom is 0.321 e. The highest BCUT2D eigenvalue weighted by molar-refractivity contribution is 5.95. The van der Waals surface area contributed by atoms with Crippen molar-refractivity contribution in [3.05, 3.63) is 35.4 Å². The molecule has 0 aromatic heterocycles. The van der Waals surface area contributed by atoms with E-state index in [1.165, 1.54) is 12.6 Å². The molecule has 128 valence electrons. The Morgan fingerprint density at radius 2 is 1.65 bits per heavy atom. The summed E-state index contributed by atoms with van der Waals surface area (Å²) in [7, 11) is 1.48. The molecule has 1 atom stereocenters. The van der Waals surface area contributed by atoms with Gasteiger partial charge in [-0.2, -0.15) is 0 Å². The average Bonchev–Trinajstić information content (AvgIpc) is 2.46. The number of hydrogen-bond acceptors (Lipinski definition) is 3. The van der Waals surface area contributed by atoms with E-state index in [4.69, 9.17) is 0 Å². The third-order valence-electron chi connectivity index (χ3n) is 3.77. The summed E-state index contributed by atoms with van der Waals surface area (Å²) in [5, 5.41) is 7.84. The number of hydrogen-bond donors (Lipinski definition) is 3. The number of nitrogens with one attached hydrogen (secondary N) is 3. The summed E-state index contributed by atoms with van der Waals surface area (Å²) in [6.07, 6.45) is 0. The van der Waals surface area contributed by atoms with Crippen molar-refractivity contribution in [2.24, 2.45) is 5.92 Å². The summed E-state index contributed by atoms with van der Waals surface area (Å²) in [6.45, 7) is 10.9. The number of carbonyl (C=O) groups is 2. The summed E-state index contributed by atoms with van der Waals surface area (Å²) >= 11 is 0. The minimum Gasteiger partial charge on any atom is -0.341 e. The standard InChI is InChI=1S/C18H29N3O2/c1-12(2)16(20-11-15(22)21-17(23)19-6)13-7-9-14(10-8-13)18(3,4)5/h7-10,12,16,20H,11H2,1-6H3,(H2,19,21,22,23)/t16-/m1/s1. The van der Waals surface area contributed by atoms with Gasteiger partial charge in [-0.1, -0.05) is 58.9 Å². The Morgan fingerprint density at radius 3 is 2.09 bits per heavy atom. The first-order valence-electron chi connectivity index (χ1n) is 8.00. The molecule has 1 aromatic rings. The van der Waals surface area contributed by atoms with E-state index >= 15 is 0 Å². The minimum atomic E-state index is -0.493. The van der Waals surface area contributed by atoms with Crippen LogP contribution in [0.25, 0.3) is 0 Å². The largest absolute Gasteiger partial charge is 0.341 e. The van der Waals surface area contributed by atoms with Crippen LogP contribution in [0.3, 0.4) is 0 Å². The molecule has 3 amide bonds. The lowest BCUT2D eigenvalue weighted by Gasteiger charge is -2.24. The lowest BCUT2D eigenvalue weighted by atomic mass is 9.85. The van der Waals surface area contributed by atoms with Gasteiger partial charge in [0.2, 0.25) is 5.91 Å². The van der Waals surface area contributed by atoms with Crippen molar-refractivity contribution < 1.29 is 9.59 Å². The van der Waals surface area contributed by atoms with Crippen molar-refractivity contribution in [2.45, 2.75) is 46.1 Å². The molecule has 1 rings (SSSR count). The van der Waals surface area contributed by atoms with Crippen molar-refractivity contribution in [3.63, 3.8) is 0 Å². The van der Waals surface area contributed by atoms with Gasteiger partial charge in [0.05, 0.1) is 6.54 Å². The van der Waals surface area contributed by atoms with Crippen LogP contribution in [0.1, 0.15) is 51.8 Å². The molecule has 0 unspecified atom stereocenters. The van der Waals surface area contributed by atoms with Gasteiger partial charge in [0.1, 0.15) is 0 Å². The smallest absolute Gasteiger partial charge is 0.321 e. The van der Waals surface area contributed by atoms with Crippen LogP contribution in [0.5, 0.6) is 0 Å². The Bertz CT molecular complexity index is 530. The molecule has 0 saturated heterocycles. The van der Waals surface area contributed by atoms with Gasteiger partial charge in [0.25, 0.3) is 0 Å². The van der Waals surface area contributed by atoms with Gasteiger partial charge in [0.15, 0.2) is 0 Å². The zero-order valence-electron chi connectivity index (χ0n) is 15.0. The highest BCUT2D eigenvalue weighted by Gasteiger charge is 2.19. The van der Waals surface area contributed by atoms with E-state index in [2.05, 4.69) is 74.8 Å². The summed E-state index contributed by atoms with van der Waals surface area (Å²) in [5.41, 5.74) is 2.54. The van der Waals surface area contributed by atoms with Crippen LogP contribution in [-0.2, 0) is 10.2 Å². The molecule has 0 fully saturated rings. The summed E-state index contributed by atoms with van der Waals surface area (Å²) < 4.78 is 0. The van der Waals surface area contributed by atoms with Crippen molar-refractivity contribution in [3.8, 4) is 0 Å². The number of benzene rings is 1. The Labute approximate surface area is 139 Å². The van der Waals surface area contributed by atoms with Gasteiger partial charge in [-0.05, 0) is 22.5 Å². The lowest BCUT2D eigenvalue weighted by Crippen LogP contribution is -2.43. The van der Waals surface area contributed by atoms with E-state index in [1.807, 2.05) is 0 Å². The Hall–Kier alpha value is -1.88. The van der Waals surface area contributed by atoms with Crippen LogP contribution in [0, 0.1) is 5.92 Å². The molecule has 0 bridgehead atoms. The fourth-order valence-electron chi connectivity index (χ4n) is 2.36. The molecule has 0 spiro atoms. The van der Waals surface area contributed by atoms with E-state index in [0.717, 1.165) is 5.56 Å². The van der Waals surface area contributed by atoms with E-state index < -0.39 is 6.03 Å². The third kappa shape index (κ3) is 6.02. The fourth-order valence-corrected chi connectivity index (χ4v) is 2.36. The predicted molar refractivity (Wildman–Crippen MR) is 93.3 cm³/mol. The van der Waals surface area contributed by atoms with Gasteiger partial charge < -0.3 is 10.6 Å². The highest BCUT2D eigenvalue weighted by atomic mass is 16.2. The van der Waals surface area contributed by atoms with E-state index in [1.54, 1.807) is 0 Å². The third-order valence-corrected chi connectivity index (χ3v) is 3.77. The van der Waals surface area contributed by atoms with Crippen LogP contribution in [0.4, 0.5) is 4.79 Å². The van der Waals surface area contributed by atoms with Crippen LogP contribution in [0.15, 0.2) is 24.3 Å². The molecular weight excluding hydrogens is 290 g/mol. The second-order valence-corrected chi connectivity index (χ2v) is 7.10. The lowest BCUT2D eigenvalue weighted by molar-refractivity contribution is -0.119. The first kappa shape index (κ1) is 19.2. The van der Waals surface area contributed by atoms with Gasteiger partial charge in [-0.25, -0.2) is 4.79 Å². The zero-order chi connectivity index (χ0) is 17.6.